The molecule has 0 spiro atoms. The van der Waals surface area contributed by atoms with E-state index in [-0.39, 0.29) is 17.8 Å². The number of carbonyl (C=O) groups excluding carboxylic acids is 2. The van der Waals surface area contributed by atoms with Crippen molar-refractivity contribution in [3.63, 3.8) is 0 Å². The molecule has 5 heteroatoms. The van der Waals surface area contributed by atoms with Gasteiger partial charge in [-0.3, -0.25) is 9.59 Å². The summed E-state index contributed by atoms with van der Waals surface area (Å²) in [6, 6.07) is 7.06. The van der Waals surface area contributed by atoms with Crippen LogP contribution in [0.25, 0.3) is 0 Å². The molecule has 1 aliphatic rings. The summed E-state index contributed by atoms with van der Waals surface area (Å²) >= 11 is 0. The van der Waals surface area contributed by atoms with Crippen molar-refractivity contribution in [2.45, 2.75) is 46.1 Å². The van der Waals surface area contributed by atoms with E-state index in [0.29, 0.717) is 49.1 Å². The molecule has 25 heavy (non-hydrogen) atoms. The first kappa shape index (κ1) is 19.4. The molecule has 2 rings (SSSR count). The van der Waals surface area contributed by atoms with Gasteiger partial charge < -0.3 is 14.8 Å². The van der Waals surface area contributed by atoms with E-state index in [1.165, 1.54) is 6.92 Å². The molecule has 1 N–H and O–H groups in total. The second-order valence-electron chi connectivity index (χ2n) is 6.96. The maximum absolute atomic E-state index is 12.0. The molecule has 1 saturated heterocycles. The van der Waals surface area contributed by atoms with Crippen molar-refractivity contribution < 1.29 is 19.1 Å². The summed E-state index contributed by atoms with van der Waals surface area (Å²) in [5.41, 5.74) is 0.669. The van der Waals surface area contributed by atoms with E-state index < -0.39 is 0 Å². The average Bonchev–Trinajstić information content (AvgIpc) is 3.06. The maximum Gasteiger partial charge on any atom is 0.220 e. The summed E-state index contributed by atoms with van der Waals surface area (Å²) in [7, 11) is 0. The molecular weight excluding hydrogens is 318 g/mol. The standard InChI is InChI=1S/C20H29NO4/c1-14(2)20-17(10-12-25-20)13-21-19(23)5-4-11-24-18-8-6-16(7-9-18)15(3)22/h6-9,14,17,20H,4-5,10-13H2,1-3H3,(H,21,23)/t17-,20-/m0/s1. The van der Waals surface area contributed by atoms with Gasteiger partial charge in [0.05, 0.1) is 12.7 Å². The average molecular weight is 347 g/mol. The molecule has 0 aromatic heterocycles. The predicted octanol–water partition coefficient (Wildman–Crippen LogP) is 3.23. The van der Waals surface area contributed by atoms with E-state index in [2.05, 4.69) is 19.2 Å². The third-order valence-corrected chi connectivity index (χ3v) is 4.56. The van der Waals surface area contributed by atoms with Crippen molar-refractivity contribution >= 4 is 11.7 Å². The van der Waals surface area contributed by atoms with Gasteiger partial charge in [0.15, 0.2) is 5.78 Å². The van der Waals surface area contributed by atoms with Gasteiger partial charge in [0.25, 0.3) is 0 Å². The highest BCUT2D eigenvalue weighted by molar-refractivity contribution is 5.94. The van der Waals surface area contributed by atoms with Crippen LogP contribution < -0.4 is 10.1 Å². The number of ketones is 1. The first-order chi connectivity index (χ1) is 12.0. The van der Waals surface area contributed by atoms with Crippen LogP contribution in [0, 0.1) is 11.8 Å². The summed E-state index contributed by atoms with van der Waals surface area (Å²) in [4.78, 5) is 23.2. The zero-order valence-corrected chi connectivity index (χ0v) is 15.4. The number of carbonyl (C=O) groups is 2. The molecule has 1 amide bonds. The zero-order chi connectivity index (χ0) is 18.2. The summed E-state index contributed by atoms with van der Waals surface area (Å²) in [5, 5.41) is 3.02. The van der Waals surface area contributed by atoms with Crippen molar-refractivity contribution in [2.24, 2.45) is 11.8 Å². The molecule has 1 fully saturated rings. The molecule has 2 atom stereocenters. The van der Waals surface area contributed by atoms with E-state index in [9.17, 15) is 9.59 Å². The molecular formula is C20H29NO4. The molecule has 1 aliphatic heterocycles. The van der Waals surface area contributed by atoms with E-state index >= 15 is 0 Å². The molecule has 0 bridgehead atoms. The lowest BCUT2D eigenvalue weighted by Gasteiger charge is -2.22. The van der Waals surface area contributed by atoms with Crippen LogP contribution in [0.2, 0.25) is 0 Å². The van der Waals surface area contributed by atoms with Crippen LogP contribution in [0.4, 0.5) is 0 Å². The highest BCUT2D eigenvalue weighted by Gasteiger charge is 2.30. The van der Waals surface area contributed by atoms with E-state index in [0.717, 1.165) is 13.0 Å². The number of rotatable bonds is 9. The van der Waals surface area contributed by atoms with Gasteiger partial charge in [0, 0.05) is 31.1 Å². The summed E-state index contributed by atoms with van der Waals surface area (Å²) in [6.07, 6.45) is 2.38. The zero-order valence-electron chi connectivity index (χ0n) is 15.4. The third-order valence-electron chi connectivity index (χ3n) is 4.56. The van der Waals surface area contributed by atoms with Crippen LogP contribution in [0.1, 0.15) is 50.4 Å². The molecule has 1 aromatic rings. The van der Waals surface area contributed by atoms with Gasteiger partial charge in [-0.15, -0.1) is 0 Å². The predicted molar refractivity (Wildman–Crippen MR) is 96.9 cm³/mol. The summed E-state index contributed by atoms with van der Waals surface area (Å²) in [5.74, 6) is 1.71. The summed E-state index contributed by atoms with van der Waals surface area (Å²) < 4.78 is 11.3. The highest BCUT2D eigenvalue weighted by atomic mass is 16.5. The molecule has 1 aromatic carbocycles. The molecule has 0 unspecified atom stereocenters. The smallest absolute Gasteiger partial charge is 0.220 e. The van der Waals surface area contributed by atoms with Crippen molar-refractivity contribution in [3.05, 3.63) is 29.8 Å². The quantitative estimate of drug-likeness (QED) is 0.550. The number of ether oxygens (including phenoxy) is 2. The van der Waals surface area contributed by atoms with Crippen molar-refractivity contribution in [1.82, 2.24) is 5.32 Å². The number of hydrogen-bond acceptors (Lipinski definition) is 4. The van der Waals surface area contributed by atoms with Crippen molar-refractivity contribution in [3.8, 4) is 5.75 Å². The largest absolute Gasteiger partial charge is 0.494 e. The fourth-order valence-corrected chi connectivity index (χ4v) is 3.15. The minimum atomic E-state index is 0.0376. The monoisotopic (exact) mass is 347 g/mol. The summed E-state index contributed by atoms with van der Waals surface area (Å²) in [6.45, 7) is 7.81. The Morgan fingerprint density at radius 2 is 2.00 bits per heavy atom. The number of nitrogens with one attached hydrogen (secondary N) is 1. The number of hydrogen-bond donors (Lipinski definition) is 1. The highest BCUT2D eigenvalue weighted by Crippen LogP contribution is 2.26. The van der Waals surface area contributed by atoms with E-state index in [4.69, 9.17) is 9.47 Å². The van der Waals surface area contributed by atoms with Crippen LogP contribution >= 0.6 is 0 Å². The second kappa shape index (κ2) is 9.56. The van der Waals surface area contributed by atoms with Crippen LogP contribution in [0.5, 0.6) is 5.75 Å². The van der Waals surface area contributed by atoms with Crippen LogP contribution in [0.15, 0.2) is 24.3 Å². The molecule has 1 heterocycles. The van der Waals surface area contributed by atoms with Crippen molar-refractivity contribution in [1.29, 1.82) is 0 Å². The van der Waals surface area contributed by atoms with Gasteiger partial charge in [-0.1, -0.05) is 13.8 Å². The van der Waals surface area contributed by atoms with Gasteiger partial charge in [-0.2, -0.15) is 0 Å². The van der Waals surface area contributed by atoms with E-state index in [1.807, 2.05) is 0 Å². The topological polar surface area (TPSA) is 64.6 Å². The number of benzene rings is 1. The first-order valence-electron chi connectivity index (χ1n) is 9.09. The van der Waals surface area contributed by atoms with E-state index in [1.54, 1.807) is 24.3 Å². The second-order valence-corrected chi connectivity index (χ2v) is 6.96. The fourth-order valence-electron chi connectivity index (χ4n) is 3.15. The van der Waals surface area contributed by atoms with Gasteiger partial charge in [0.2, 0.25) is 5.91 Å². The maximum atomic E-state index is 12.0. The first-order valence-corrected chi connectivity index (χ1v) is 9.09. The Morgan fingerprint density at radius 3 is 2.64 bits per heavy atom. The minimum absolute atomic E-state index is 0.0376. The molecule has 5 nitrogen and oxygen atoms in total. The van der Waals surface area contributed by atoms with Gasteiger partial charge in [-0.25, -0.2) is 0 Å². The minimum Gasteiger partial charge on any atom is -0.494 e. The van der Waals surface area contributed by atoms with Crippen LogP contribution in [-0.2, 0) is 9.53 Å². The normalized spacial score (nSPS) is 19.8. The Bertz CT molecular complexity index is 568. The number of Topliss-reactive ketones (excluding diaryl/α,β-unsaturated/α-hetero) is 1. The van der Waals surface area contributed by atoms with Crippen LogP contribution in [0.3, 0.4) is 0 Å². The fraction of sp³-hybridized carbons (Fsp3) is 0.600. The lowest BCUT2D eigenvalue weighted by molar-refractivity contribution is -0.121. The van der Waals surface area contributed by atoms with Gasteiger partial charge in [-0.05, 0) is 49.9 Å². The van der Waals surface area contributed by atoms with Gasteiger partial charge in [0.1, 0.15) is 5.75 Å². The molecule has 0 radical (unpaired) electrons. The Hall–Kier alpha value is -1.88. The van der Waals surface area contributed by atoms with Crippen LogP contribution in [-0.4, -0.2) is 37.6 Å². The lowest BCUT2D eigenvalue weighted by atomic mass is 9.93. The Labute approximate surface area is 150 Å². The lowest BCUT2D eigenvalue weighted by Crippen LogP contribution is -2.34. The Morgan fingerprint density at radius 1 is 1.28 bits per heavy atom. The van der Waals surface area contributed by atoms with Gasteiger partial charge >= 0.3 is 0 Å². The van der Waals surface area contributed by atoms with Crippen molar-refractivity contribution in [2.75, 3.05) is 19.8 Å². The molecule has 0 saturated carbocycles. The molecule has 138 valence electrons. The number of amides is 1. The Balaban J connectivity index is 1.61. The third kappa shape index (κ3) is 6.16. The molecule has 0 aliphatic carbocycles. The Kier molecular flexibility index (Phi) is 7.44. The SMILES string of the molecule is CC(=O)c1ccc(OCCCC(=O)NC[C@@H]2CCO[C@H]2C(C)C)cc1.